The standard InChI is InChI=1S/C13H22N2/c1-10(2)14-12-8-6-7-9-13(12)15(5)11(3)4/h6-11,14H,1-5H3. The number of anilines is 2. The monoisotopic (exact) mass is 206 g/mol. The molecule has 0 saturated heterocycles. The van der Waals surface area contributed by atoms with Crippen LogP contribution in [0.1, 0.15) is 27.7 Å². The van der Waals surface area contributed by atoms with Crippen molar-refractivity contribution in [1.82, 2.24) is 0 Å². The Labute approximate surface area is 93.3 Å². The average Bonchev–Trinajstić information content (AvgIpc) is 2.16. The smallest absolute Gasteiger partial charge is 0.0601 e. The zero-order valence-electron chi connectivity index (χ0n) is 10.4. The molecule has 1 aromatic carbocycles. The molecule has 0 aliphatic heterocycles. The molecule has 0 fully saturated rings. The van der Waals surface area contributed by atoms with Crippen LogP contribution in [-0.2, 0) is 0 Å². The summed E-state index contributed by atoms with van der Waals surface area (Å²) in [6.07, 6.45) is 0. The highest BCUT2D eigenvalue weighted by Gasteiger charge is 2.09. The Hall–Kier alpha value is -1.18. The van der Waals surface area contributed by atoms with Gasteiger partial charge in [-0.05, 0) is 39.8 Å². The van der Waals surface area contributed by atoms with Crippen LogP contribution >= 0.6 is 0 Å². The third kappa shape index (κ3) is 3.15. The largest absolute Gasteiger partial charge is 0.381 e. The Balaban J connectivity index is 2.95. The predicted molar refractivity (Wildman–Crippen MR) is 68.7 cm³/mol. The highest BCUT2D eigenvalue weighted by atomic mass is 15.1. The molecule has 0 aliphatic rings. The summed E-state index contributed by atoms with van der Waals surface area (Å²) in [6, 6.07) is 9.42. The van der Waals surface area contributed by atoms with Gasteiger partial charge in [-0.2, -0.15) is 0 Å². The number of hydrogen-bond donors (Lipinski definition) is 1. The van der Waals surface area contributed by atoms with Crippen LogP contribution in [0, 0.1) is 0 Å². The molecule has 0 radical (unpaired) electrons. The number of rotatable bonds is 4. The normalized spacial score (nSPS) is 10.9. The first-order valence-corrected chi connectivity index (χ1v) is 5.60. The molecular formula is C13H22N2. The fraction of sp³-hybridized carbons (Fsp3) is 0.538. The number of hydrogen-bond acceptors (Lipinski definition) is 2. The fourth-order valence-electron chi connectivity index (χ4n) is 1.49. The third-order valence-electron chi connectivity index (χ3n) is 2.50. The Morgan fingerprint density at radius 2 is 1.67 bits per heavy atom. The lowest BCUT2D eigenvalue weighted by Gasteiger charge is -2.27. The molecule has 2 heteroatoms. The molecule has 0 atom stereocenters. The molecule has 1 N–H and O–H groups in total. The van der Waals surface area contributed by atoms with Crippen molar-refractivity contribution in [3.05, 3.63) is 24.3 Å². The second-order valence-corrected chi connectivity index (χ2v) is 4.52. The maximum Gasteiger partial charge on any atom is 0.0601 e. The summed E-state index contributed by atoms with van der Waals surface area (Å²) < 4.78 is 0. The third-order valence-corrected chi connectivity index (χ3v) is 2.50. The highest BCUT2D eigenvalue weighted by Crippen LogP contribution is 2.26. The lowest BCUT2D eigenvalue weighted by molar-refractivity contribution is 0.753. The van der Waals surface area contributed by atoms with Crippen LogP contribution in [0.4, 0.5) is 11.4 Å². The summed E-state index contributed by atoms with van der Waals surface area (Å²) in [5.41, 5.74) is 2.48. The van der Waals surface area contributed by atoms with Gasteiger partial charge in [-0.1, -0.05) is 12.1 Å². The van der Waals surface area contributed by atoms with Crippen LogP contribution in [0.3, 0.4) is 0 Å². The number of nitrogens with one attached hydrogen (secondary N) is 1. The van der Waals surface area contributed by atoms with E-state index in [-0.39, 0.29) is 0 Å². The van der Waals surface area contributed by atoms with Gasteiger partial charge in [0.2, 0.25) is 0 Å². The van der Waals surface area contributed by atoms with Crippen molar-refractivity contribution in [2.75, 3.05) is 17.3 Å². The number of para-hydroxylation sites is 2. The first-order valence-electron chi connectivity index (χ1n) is 5.60. The second-order valence-electron chi connectivity index (χ2n) is 4.52. The zero-order valence-corrected chi connectivity index (χ0v) is 10.4. The van der Waals surface area contributed by atoms with Crippen LogP contribution in [0.25, 0.3) is 0 Å². The molecular weight excluding hydrogens is 184 g/mol. The maximum atomic E-state index is 3.47. The van der Waals surface area contributed by atoms with Gasteiger partial charge in [0.05, 0.1) is 11.4 Å². The topological polar surface area (TPSA) is 15.3 Å². The van der Waals surface area contributed by atoms with E-state index in [9.17, 15) is 0 Å². The summed E-state index contributed by atoms with van der Waals surface area (Å²) in [5.74, 6) is 0. The van der Waals surface area contributed by atoms with E-state index in [0.717, 1.165) is 0 Å². The van der Waals surface area contributed by atoms with Gasteiger partial charge in [-0.15, -0.1) is 0 Å². The average molecular weight is 206 g/mol. The minimum Gasteiger partial charge on any atom is -0.381 e. The summed E-state index contributed by atoms with van der Waals surface area (Å²) in [5, 5.41) is 3.47. The van der Waals surface area contributed by atoms with Crippen LogP contribution < -0.4 is 10.2 Å². The van der Waals surface area contributed by atoms with E-state index >= 15 is 0 Å². The Kier molecular flexibility index (Phi) is 4.01. The molecule has 0 heterocycles. The molecule has 84 valence electrons. The van der Waals surface area contributed by atoms with E-state index in [1.54, 1.807) is 0 Å². The molecule has 0 aliphatic carbocycles. The predicted octanol–water partition coefficient (Wildman–Crippen LogP) is 3.35. The SMILES string of the molecule is CC(C)Nc1ccccc1N(C)C(C)C. The van der Waals surface area contributed by atoms with Crippen molar-refractivity contribution in [3.63, 3.8) is 0 Å². The van der Waals surface area contributed by atoms with E-state index in [1.165, 1.54) is 11.4 Å². The summed E-state index contributed by atoms with van der Waals surface area (Å²) in [4.78, 5) is 2.28. The van der Waals surface area contributed by atoms with Gasteiger partial charge in [-0.3, -0.25) is 0 Å². The lowest BCUT2D eigenvalue weighted by Crippen LogP contribution is -2.27. The van der Waals surface area contributed by atoms with Gasteiger partial charge in [0.15, 0.2) is 0 Å². The summed E-state index contributed by atoms with van der Waals surface area (Å²) >= 11 is 0. The minimum atomic E-state index is 0.465. The minimum absolute atomic E-state index is 0.465. The van der Waals surface area contributed by atoms with Crippen LogP contribution in [0.5, 0.6) is 0 Å². The first-order chi connectivity index (χ1) is 7.02. The summed E-state index contributed by atoms with van der Waals surface area (Å²) in [6.45, 7) is 8.72. The van der Waals surface area contributed by atoms with Crippen LogP contribution in [0.2, 0.25) is 0 Å². The molecule has 0 unspecified atom stereocenters. The van der Waals surface area contributed by atoms with Gasteiger partial charge >= 0.3 is 0 Å². The molecule has 1 aromatic rings. The molecule has 2 nitrogen and oxygen atoms in total. The lowest BCUT2D eigenvalue weighted by atomic mass is 10.2. The van der Waals surface area contributed by atoms with E-state index in [0.29, 0.717) is 12.1 Å². The van der Waals surface area contributed by atoms with E-state index in [1.807, 2.05) is 0 Å². The number of nitrogens with zero attached hydrogens (tertiary/aromatic N) is 1. The highest BCUT2D eigenvalue weighted by molar-refractivity contribution is 5.70. The molecule has 15 heavy (non-hydrogen) atoms. The van der Waals surface area contributed by atoms with Gasteiger partial charge < -0.3 is 10.2 Å². The molecule has 1 rings (SSSR count). The molecule has 0 amide bonds. The molecule has 0 saturated carbocycles. The Morgan fingerprint density at radius 1 is 1.07 bits per heavy atom. The van der Waals surface area contributed by atoms with Gasteiger partial charge in [0.25, 0.3) is 0 Å². The maximum absolute atomic E-state index is 3.47. The van der Waals surface area contributed by atoms with E-state index < -0.39 is 0 Å². The van der Waals surface area contributed by atoms with Gasteiger partial charge in [-0.25, -0.2) is 0 Å². The molecule has 0 bridgehead atoms. The first kappa shape index (κ1) is 11.9. The Bertz CT molecular complexity index is 305. The van der Waals surface area contributed by atoms with Gasteiger partial charge in [0, 0.05) is 19.1 Å². The van der Waals surface area contributed by atoms with Crippen molar-refractivity contribution in [3.8, 4) is 0 Å². The van der Waals surface area contributed by atoms with Gasteiger partial charge in [0.1, 0.15) is 0 Å². The van der Waals surface area contributed by atoms with Crippen molar-refractivity contribution in [1.29, 1.82) is 0 Å². The van der Waals surface area contributed by atoms with E-state index in [2.05, 4.69) is 69.2 Å². The zero-order chi connectivity index (χ0) is 11.4. The Morgan fingerprint density at radius 3 is 2.20 bits per heavy atom. The quantitative estimate of drug-likeness (QED) is 0.812. The number of benzene rings is 1. The second kappa shape index (κ2) is 5.06. The van der Waals surface area contributed by atoms with Crippen molar-refractivity contribution < 1.29 is 0 Å². The van der Waals surface area contributed by atoms with Crippen LogP contribution in [0.15, 0.2) is 24.3 Å². The molecule has 0 spiro atoms. The fourth-order valence-corrected chi connectivity index (χ4v) is 1.49. The van der Waals surface area contributed by atoms with E-state index in [4.69, 9.17) is 0 Å². The summed E-state index contributed by atoms with van der Waals surface area (Å²) in [7, 11) is 2.13. The van der Waals surface area contributed by atoms with Crippen molar-refractivity contribution in [2.45, 2.75) is 39.8 Å². The van der Waals surface area contributed by atoms with Crippen molar-refractivity contribution >= 4 is 11.4 Å². The molecule has 0 aromatic heterocycles. The van der Waals surface area contributed by atoms with Crippen LogP contribution in [-0.4, -0.2) is 19.1 Å². The van der Waals surface area contributed by atoms with Crippen molar-refractivity contribution in [2.24, 2.45) is 0 Å².